The average molecular weight is 364 g/mol. The molecular weight excluding hydrogens is 344 g/mol. The minimum absolute atomic E-state index is 0.0189. The highest BCUT2D eigenvalue weighted by atomic mass is 16.4. The molecule has 1 aliphatic rings. The van der Waals surface area contributed by atoms with Gasteiger partial charge in [-0.25, -0.2) is 9.97 Å². The predicted octanol–water partition coefficient (Wildman–Crippen LogP) is 2.79. The molecule has 138 valence electrons. The summed E-state index contributed by atoms with van der Waals surface area (Å²) in [6.45, 7) is 0. The molecule has 0 radical (unpaired) electrons. The summed E-state index contributed by atoms with van der Waals surface area (Å²) in [6.07, 6.45) is 5.86. The third kappa shape index (κ3) is 3.53. The lowest BCUT2D eigenvalue weighted by atomic mass is 9.86. The second-order valence-corrected chi connectivity index (χ2v) is 6.87. The smallest absolute Gasteiger partial charge is 0.306 e. The van der Waals surface area contributed by atoms with Crippen LogP contribution in [0.2, 0.25) is 0 Å². The molecule has 1 amide bonds. The van der Waals surface area contributed by atoms with Crippen molar-refractivity contribution < 1.29 is 14.7 Å². The number of nitrogens with zero attached hydrogens (tertiary/aromatic N) is 3. The molecule has 4 rings (SSSR count). The van der Waals surface area contributed by atoms with Gasteiger partial charge in [-0.05, 0) is 49.9 Å². The van der Waals surface area contributed by atoms with E-state index < -0.39 is 5.97 Å². The number of benzene rings is 1. The molecule has 1 fully saturated rings. The van der Waals surface area contributed by atoms with Crippen molar-refractivity contribution in [1.29, 1.82) is 0 Å². The monoisotopic (exact) mass is 364 g/mol. The Morgan fingerprint density at radius 2 is 1.81 bits per heavy atom. The van der Waals surface area contributed by atoms with Crippen molar-refractivity contribution in [2.75, 3.05) is 0 Å². The van der Waals surface area contributed by atoms with Crippen LogP contribution in [0.15, 0.2) is 48.9 Å². The zero-order valence-corrected chi connectivity index (χ0v) is 14.7. The van der Waals surface area contributed by atoms with Crippen molar-refractivity contribution in [3.05, 3.63) is 54.5 Å². The van der Waals surface area contributed by atoms with E-state index >= 15 is 0 Å². The number of aliphatic carboxylic acids is 1. The van der Waals surface area contributed by atoms with Crippen LogP contribution >= 0.6 is 0 Å². The molecule has 7 nitrogen and oxygen atoms in total. The summed E-state index contributed by atoms with van der Waals surface area (Å²) < 4.78 is 1.88. The zero-order valence-electron chi connectivity index (χ0n) is 14.7. The highest BCUT2D eigenvalue weighted by molar-refractivity contribution is 5.94. The van der Waals surface area contributed by atoms with Gasteiger partial charge in [-0.1, -0.05) is 12.1 Å². The Kier molecular flexibility index (Phi) is 4.58. The molecular formula is C20H20N4O3. The number of imidazole rings is 1. The van der Waals surface area contributed by atoms with Gasteiger partial charge in [-0.3, -0.25) is 14.2 Å². The van der Waals surface area contributed by atoms with E-state index in [1.165, 1.54) is 0 Å². The van der Waals surface area contributed by atoms with Gasteiger partial charge in [0.1, 0.15) is 12.1 Å². The highest BCUT2D eigenvalue weighted by Crippen LogP contribution is 2.24. The number of carbonyl (C=O) groups excluding carboxylic acids is 1. The van der Waals surface area contributed by atoms with Crippen LogP contribution in [0, 0.1) is 5.92 Å². The van der Waals surface area contributed by atoms with E-state index in [-0.39, 0.29) is 17.9 Å². The molecule has 2 N–H and O–H groups in total. The van der Waals surface area contributed by atoms with Crippen molar-refractivity contribution in [3.8, 4) is 5.82 Å². The van der Waals surface area contributed by atoms with Crippen LogP contribution in [-0.2, 0) is 4.79 Å². The van der Waals surface area contributed by atoms with Gasteiger partial charge in [0.25, 0.3) is 5.91 Å². The molecule has 3 aromatic rings. The van der Waals surface area contributed by atoms with Gasteiger partial charge in [0.2, 0.25) is 0 Å². The normalized spacial score (nSPS) is 19.7. The lowest BCUT2D eigenvalue weighted by Crippen LogP contribution is -2.38. The number of carbonyl (C=O) groups is 2. The zero-order chi connectivity index (χ0) is 18.8. The Balaban J connectivity index is 1.43. The first-order valence-corrected chi connectivity index (χ1v) is 9.04. The Hall–Kier alpha value is -3.22. The first kappa shape index (κ1) is 17.2. The van der Waals surface area contributed by atoms with Gasteiger partial charge in [-0.15, -0.1) is 0 Å². The van der Waals surface area contributed by atoms with Crippen molar-refractivity contribution in [1.82, 2.24) is 19.9 Å². The maximum Gasteiger partial charge on any atom is 0.306 e. The minimum Gasteiger partial charge on any atom is -0.481 e. The second-order valence-electron chi connectivity index (χ2n) is 6.87. The van der Waals surface area contributed by atoms with Gasteiger partial charge < -0.3 is 10.4 Å². The van der Waals surface area contributed by atoms with Crippen LogP contribution < -0.4 is 5.32 Å². The third-order valence-corrected chi connectivity index (χ3v) is 5.12. The molecule has 27 heavy (non-hydrogen) atoms. The number of pyridine rings is 1. The SMILES string of the molecule is O=C(NC1CCC(C(=O)O)CC1)c1ccc(-n2cnc3ccccc32)nc1. The Morgan fingerprint density at radius 1 is 1.04 bits per heavy atom. The van der Waals surface area contributed by atoms with E-state index in [1.807, 2.05) is 28.8 Å². The lowest BCUT2D eigenvalue weighted by Gasteiger charge is -2.26. The van der Waals surface area contributed by atoms with E-state index in [9.17, 15) is 9.59 Å². The number of amides is 1. The summed E-state index contributed by atoms with van der Waals surface area (Å²) in [5, 5.41) is 12.0. The van der Waals surface area contributed by atoms with Crippen LogP contribution in [0.1, 0.15) is 36.0 Å². The molecule has 0 atom stereocenters. The van der Waals surface area contributed by atoms with Gasteiger partial charge in [0, 0.05) is 12.2 Å². The molecule has 0 bridgehead atoms. The topological polar surface area (TPSA) is 97.1 Å². The molecule has 2 heterocycles. The number of hydrogen-bond donors (Lipinski definition) is 2. The first-order chi connectivity index (χ1) is 13.1. The molecule has 0 unspecified atom stereocenters. The molecule has 1 aromatic carbocycles. The van der Waals surface area contributed by atoms with Crippen LogP contribution in [0.3, 0.4) is 0 Å². The maximum atomic E-state index is 12.5. The molecule has 0 aliphatic heterocycles. The van der Waals surface area contributed by atoms with Crippen molar-refractivity contribution >= 4 is 22.9 Å². The Morgan fingerprint density at radius 3 is 2.52 bits per heavy atom. The van der Waals surface area contributed by atoms with Gasteiger partial charge in [0.05, 0.1) is 22.5 Å². The van der Waals surface area contributed by atoms with E-state index in [0.29, 0.717) is 37.1 Å². The Bertz CT molecular complexity index is 972. The third-order valence-electron chi connectivity index (χ3n) is 5.12. The highest BCUT2D eigenvalue weighted by Gasteiger charge is 2.26. The molecule has 7 heteroatoms. The fourth-order valence-electron chi connectivity index (χ4n) is 3.56. The van der Waals surface area contributed by atoms with Crippen LogP contribution in [-0.4, -0.2) is 37.6 Å². The number of carboxylic acid groups (broad SMARTS) is 1. The number of fused-ring (bicyclic) bond motifs is 1. The fourth-order valence-corrected chi connectivity index (χ4v) is 3.56. The Labute approximate surface area is 156 Å². The van der Waals surface area contributed by atoms with Gasteiger partial charge in [-0.2, -0.15) is 0 Å². The first-order valence-electron chi connectivity index (χ1n) is 9.04. The molecule has 1 saturated carbocycles. The van der Waals surface area contributed by atoms with E-state index in [2.05, 4.69) is 15.3 Å². The van der Waals surface area contributed by atoms with E-state index in [1.54, 1.807) is 24.7 Å². The van der Waals surface area contributed by atoms with E-state index in [0.717, 1.165) is 11.0 Å². The number of hydrogen-bond acceptors (Lipinski definition) is 4. The van der Waals surface area contributed by atoms with Gasteiger partial charge in [0.15, 0.2) is 0 Å². The van der Waals surface area contributed by atoms with Crippen molar-refractivity contribution in [2.45, 2.75) is 31.7 Å². The van der Waals surface area contributed by atoms with E-state index in [4.69, 9.17) is 5.11 Å². The predicted molar refractivity (Wildman–Crippen MR) is 99.7 cm³/mol. The number of aromatic nitrogens is 3. The number of para-hydroxylation sites is 2. The molecule has 2 aromatic heterocycles. The molecule has 0 saturated heterocycles. The molecule has 1 aliphatic carbocycles. The second kappa shape index (κ2) is 7.19. The summed E-state index contributed by atoms with van der Waals surface area (Å²) in [6, 6.07) is 11.3. The quantitative estimate of drug-likeness (QED) is 0.742. The summed E-state index contributed by atoms with van der Waals surface area (Å²) in [4.78, 5) is 32.2. The summed E-state index contributed by atoms with van der Waals surface area (Å²) in [7, 11) is 0. The summed E-state index contributed by atoms with van der Waals surface area (Å²) in [5.41, 5.74) is 2.33. The molecule has 0 spiro atoms. The standard InChI is InChI=1S/C20H20N4O3/c25-19(23-15-8-5-13(6-9-15)20(26)27)14-7-10-18(21-11-14)24-12-22-16-3-1-2-4-17(16)24/h1-4,7,10-13,15H,5-6,8-9H2,(H,23,25)(H,26,27). The largest absolute Gasteiger partial charge is 0.481 e. The average Bonchev–Trinajstić information content (AvgIpc) is 3.12. The summed E-state index contributed by atoms with van der Waals surface area (Å²) >= 11 is 0. The van der Waals surface area contributed by atoms with Crippen molar-refractivity contribution in [3.63, 3.8) is 0 Å². The number of carboxylic acids is 1. The minimum atomic E-state index is -0.744. The fraction of sp³-hybridized carbons (Fsp3) is 0.300. The van der Waals surface area contributed by atoms with Crippen molar-refractivity contribution in [2.24, 2.45) is 5.92 Å². The number of nitrogens with one attached hydrogen (secondary N) is 1. The van der Waals surface area contributed by atoms with Gasteiger partial charge >= 0.3 is 5.97 Å². The summed E-state index contributed by atoms with van der Waals surface area (Å²) in [5.74, 6) is -0.513. The lowest BCUT2D eigenvalue weighted by molar-refractivity contribution is -0.142. The van der Waals surface area contributed by atoms with Crippen LogP contribution in [0.25, 0.3) is 16.9 Å². The van der Waals surface area contributed by atoms with Crippen LogP contribution in [0.5, 0.6) is 0 Å². The number of rotatable bonds is 4. The maximum absolute atomic E-state index is 12.5. The van der Waals surface area contributed by atoms with Crippen LogP contribution in [0.4, 0.5) is 0 Å².